The number of Topliss-reactive ketones (excluding diaryl/α,β-unsaturated/α-hetero) is 1. The lowest BCUT2D eigenvalue weighted by Crippen LogP contribution is -2.29. The Morgan fingerprint density at radius 2 is 1.41 bits per heavy atom. The average Bonchev–Trinajstić information content (AvgIpc) is 3.21. The summed E-state index contributed by atoms with van der Waals surface area (Å²) in [5.41, 5.74) is 2.05. The van der Waals surface area contributed by atoms with E-state index >= 15 is 0 Å². The average molecular weight is 529 g/mol. The van der Waals surface area contributed by atoms with E-state index in [4.69, 9.17) is 9.47 Å². The number of likely N-dealkylation sites (tertiary alicyclic amines) is 1. The van der Waals surface area contributed by atoms with Crippen LogP contribution in [0.1, 0.15) is 68.7 Å². The zero-order chi connectivity index (χ0) is 27.6. The number of carbonyl (C=O) groups is 2. The topological polar surface area (TPSA) is 89.0 Å². The summed E-state index contributed by atoms with van der Waals surface area (Å²) < 4.78 is 11.6. The zero-order valence-electron chi connectivity index (χ0n) is 22.6. The molecule has 1 aliphatic rings. The van der Waals surface area contributed by atoms with Crippen LogP contribution in [0.3, 0.4) is 0 Å². The first-order valence-electron chi connectivity index (χ1n) is 13.7. The number of ketones is 1. The van der Waals surface area contributed by atoms with E-state index in [1.54, 1.807) is 48.8 Å². The van der Waals surface area contributed by atoms with Crippen LogP contribution in [0.15, 0.2) is 78.6 Å². The van der Waals surface area contributed by atoms with E-state index in [0.717, 1.165) is 43.4 Å². The van der Waals surface area contributed by atoms with Gasteiger partial charge in [-0.25, -0.2) is 0 Å². The number of carbonyl (C=O) groups excluding carboxylic acids is 2. The van der Waals surface area contributed by atoms with Crippen LogP contribution in [-0.2, 0) is 16.1 Å². The first-order valence-corrected chi connectivity index (χ1v) is 13.7. The fourth-order valence-corrected chi connectivity index (χ4v) is 4.56. The lowest BCUT2D eigenvalue weighted by molar-refractivity contribution is -0.140. The zero-order valence-corrected chi connectivity index (χ0v) is 22.6. The molecule has 1 unspecified atom stereocenters. The van der Waals surface area contributed by atoms with E-state index < -0.39 is 17.7 Å². The first-order chi connectivity index (χ1) is 19.0. The molecule has 0 spiro atoms. The molecule has 39 heavy (non-hydrogen) atoms. The highest BCUT2D eigenvalue weighted by molar-refractivity contribution is 6.46. The van der Waals surface area contributed by atoms with Gasteiger partial charge in [0.2, 0.25) is 0 Å². The number of benzene rings is 2. The molecule has 0 radical (unpaired) electrons. The van der Waals surface area contributed by atoms with Gasteiger partial charge in [-0.05, 0) is 72.5 Å². The Labute approximate surface area is 230 Å². The van der Waals surface area contributed by atoms with Gasteiger partial charge in [-0.3, -0.25) is 14.6 Å². The summed E-state index contributed by atoms with van der Waals surface area (Å²) in [6, 6.07) is 17.2. The van der Waals surface area contributed by atoms with Crippen molar-refractivity contribution < 1.29 is 24.2 Å². The van der Waals surface area contributed by atoms with Crippen LogP contribution < -0.4 is 9.47 Å². The molecule has 1 atom stereocenters. The van der Waals surface area contributed by atoms with Crippen LogP contribution in [0, 0.1) is 0 Å². The van der Waals surface area contributed by atoms with Crippen LogP contribution in [0.4, 0.5) is 0 Å². The molecule has 1 N–H and O–H groups in total. The van der Waals surface area contributed by atoms with Crippen molar-refractivity contribution in [2.24, 2.45) is 0 Å². The van der Waals surface area contributed by atoms with E-state index in [-0.39, 0.29) is 17.9 Å². The van der Waals surface area contributed by atoms with Gasteiger partial charge >= 0.3 is 0 Å². The molecule has 3 aromatic rings. The highest BCUT2D eigenvalue weighted by Crippen LogP contribution is 2.40. The second kappa shape index (κ2) is 13.6. The Kier molecular flexibility index (Phi) is 9.73. The van der Waals surface area contributed by atoms with Crippen molar-refractivity contribution >= 4 is 17.4 Å². The summed E-state index contributed by atoms with van der Waals surface area (Å²) in [4.78, 5) is 32.2. The number of aliphatic hydroxyl groups is 1. The van der Waals surface area contributed by atoms with Gasteiger partial charge in [0.15, 0.2) is 0 Å². The molecular weight excluding hydrogens is 492 g/mol. The number of nitrogens with zero attached hydrogens (tertiary/aromatic N) is 2. The second-order valence-electron chi connectivity index (χ2n) is 9.63. The number of hydrogen-bond donors (Lipinski definition) is 1. The Bertz CT molecular complexity index is 1270. The van der Waals surface area contributed by atoms with Crippen molar-refractivity contribution in [1.82, 2.24) is 9.88 Å². The Morgan fingerprint density at radius 1 is 0.821 bits per heavy atom. The van der Waals surface area contributed by atoms with Crippen molar-refractivity contribution in [2.45, 2.75) is 58.5 Å². The molecule has 1 aromatic heterocycles. The minimum atomic E-state index is -0.757. The van der Waals surface area contributed by atoms with Crippen LogP contribution in [0.25, 0.3) is 5.76 Å². The number of pyridine rings is 1. The molecule has 1 saturated heterocycles. The predicted octanol–water partition coefficient (Wildman–Crippen LogP) is 6.45. The van der Waals surface area contributed by atoms with Crippen LogP contribution in [-0.4, -0.2) is 39.9 Å². The molecule has 4 rings (SSSR count). The number of aliphatic hydroxyl groups excluding tert-OH is 1. The summed E-state index contributed by atoms with van der Waals surface area (Å²) in [5.74, 6) is -0.174. The highest BCUT2D eigenvalue weighted by atomic mass is 16.5. The number of aromatic nitrogens is 1. The van der Waals surface area contributed by atoms with Crippen LogP contribution in [0.2, 0.25) is 0 Å². The van der Waals surface area contributed by atoms with Crippen LogP contribution >= 0.6 is 0 Å². The van der Waals surface area contributed by atoms with Gasteiger partial charge in [0.1, 0.15) is 17.3 Å². The summed E-state index contributed by atoms with van der Waals surface area (Å²) in [6.45, 7) is 5.69. The van der Waals surface area contributed by atoms with Crippen molar-refractivity contribution in [2.75, 3.05) is 13.2 Å². The van der Waals surface area contributed by atoms with Gasteiger partial charge in [0.05, 0.1) is 24.8 Å². The number of rotatable bonds is 13. The molecule has 0 bridgehead atoms. The number of hydrogen-bond acceptors (Lipinski definition) is 6. The first kappa shape index (κ1) is 27.9. The van der Waals surface area contributed by atoms with Gasteiger partial charge in [-0.2, -0.15) is 0 Å². The van der Waals surface area contributed by atoms with Crippen molar-refractivity contribution in [3.63, 3.8) is 0 Å². The molecule has 0 saturated carbocycles. The third-order valence-corrected chi connectivity index (χ3v) is 6.75. The van der Waals surface area contributed by atoms with Crippen molar-refractivity contribution in [3.05, 3.63) is 95.3 Å². The van der Waals surface area contributed by atoms with Gasteiger partial charge in [0.25, 0.3) is 11.7 Å². The van der Waals surface area contributed by atoms with E-state index in [1.807, 2.05) is 24.3 Å². The largest absolute Gasteiger partial charge is 0.507 e. The summed E-state index contributed by atoms with van der Waals surface area (Å²) in [7, 11) is 0. The third kappa shape index (κ3) is 6.85. The Morgan fingerprint density at radius 3 is 2.03 bits per heavy atom. The van der Waals surface area contributed by atoms with Crippen LogP contribution in [0.5, 0.6) is 11.5 Å². The molecular formula is C32H36N2O5. The maximum Gasteiger partial charge on any atom is 0.295 e. The minimum absolute atomic E-state index is 0.0605. The van der Waals surface area contributed by atoms with Crippen molar-refractivity contribution in [1.29, 1.82) is 0 Å². The van der Waals surface area contributed by atoms with E-state index in [2.05, 4.69) is 18.8 Å². The van der Waals surface area contributed by atoms with Gasteiger partial charge < -0.3 is 19.5 Å². The Hall–Kier alpha value is -4.13. The molecule has 1 amide bonds. The van der Waals surface area contributed by atoms with Crippen molar-refractivity contribution in [3.8, 4) is 11.5 Å². The quantitative estimate of drug-likeness (QED) is 0.119. The predicted molar refractivity (Wildman–Crippen MR) is 150 cm³/mol. The molecule has 0 aliphatic carbocycles. The third-order valence-electron chi connectivity index (χ3n) is 6.75. The lowest BCUT2D eigenvalue weighted by Gasteiger charge is -2.25. The maximum atomic E-state index is 13.3. The summed E-state index contributed by atoms with van der Waals surface area (Å²) >= 11 is 0. The monoisotopic (exact) mass is 528 g/mol. The lowest BCUT2D eigenvalue weighted by atomic mass is 9.95. The number of amides is 1. The van der Waals surface area contributed by atoms with Gasteiger partial charge in [-0.15, -0.1) is 0 Å². The molecule has 7 nitrogen and oxygen atoms in total. The SMILES string of the molecule is CCCCCOc1ccc(C2/C(=C(\O)c3ccc(OCCCC)cc3)C(=O)C(=O)N2Cc2ccncc2)cc1. The fourth-order valence-electron chi connectivity index (χ4n) is 4.56. The molecule has 2 aromatic carbocycles. The molecule has 204 valence electrons. The molecule has 1 aliphatic heterocycles. The Balaban J connectivity index is 1.67. The van der Waals surface area contributed by atoms with Gasteiger partial charge in [-0.1, -0.05) is 45.2 Å². The summed E-state index contributed by atoms with van der Waals surface area (Å²) in [6.07, 6.45) is 8.48. The standard InChI is InChI=1S/C32H36N2O5/c1-3-5-7-21-39-26-12-8-24(9-13-26)29-28(30(35)25-10-14-27(15-11-25)38-20-6-4-2)31(36)32(37)34(29)22-23-16-18-33-19-17-23/h8-19,29,35H,3-7,20-22H2,1-2H3/b30-28+. The molecule has 7 heteroatoms. The number of unbranched alkanes of at least 4 members (excludes halogenated alkanes) is 3. The second-order valence-corrected chi connectivity index (χ2v) is 9.63. The van der Waals surface area contributed by atoms with Gasteiger partial charge in [0, 0.05) is 24.5 Å². The normalized spacial score (nSPS) is 16.5. The van der Waals surface area contributed by atoms with E-state index in [9.17, 15) is 14.7 Å². The van der Waals surface area contributed by atoms with E-state index in [0.29, 0.717) is 30.1 Å². The fraction of sp³-hybridized carbons (Fsp3) is 0.344. The number of ether oxygens (including phenoxy) is 2. The molecule has 2 heterocycles. The van der Waals surface area contributed by atoms with E-state index in [1.165, 1.54) is 4.90 Å². The minimum Gasteiger partial charge on any atom is -0.507 e. The molecule has 1 fully saturated rings. The maximum absolute atomic E-state index is 13.3. The highest BCUT2D eigenvalue weighted by Gasteiger charge is 2.46. The smallest absolute Gasteiger partial charge is 0.295 e. The summed E-state index contributed by atoms with van der Waals surface area (Å²) in [5, 5.41) is 11.4.